The number of para-hydroxylation sites is 1. The summed E-state index contributed by atoms with van der Waals surface area (Å²) in [4.78, 5) is 4.13. The number of hydrogen-bond acceptors (Lipinski definition) is 2. The first-order chi connectivity index (χ1) is 11.1. The lowest BCUT2D eigenvalue weighted by Crippen LogP contribution is -2.34. The number of nitrogens with zero attached hydrogens (tertiary/aromatic N) is 3. The molecule has 126 valence electrons. The molecule has 0 saturated heterocycles. The van der Waals surface area contributed by atoms with Crippen LogP contribution in [-0.2, 0) is 5.92 Å². The molecule has 3 rings (SSSR count). The first-order valence-electron chi connectivity index (χ1n) is 7.00. The van der Waals surface area contributed by atoms with Gasteiger partial charge in [-0.15, -0.1) is 0 Å². The van der Waals surface area contributed by atoms with Crippen LogP contribution in [0.25, 0.3) is 16.7 Å². The van der Waals surface area contributed by atoms with E-state index in [1.165, 1.54) is 18.5 Å². The number of alkyl halides is 5. The van der Waals surface area contributed by atoms with Crippen molar-refractivity contribution in [3.05, 3.63) is 53.3 Å². The van der Waals surface area contributed by atoms with E-state index in [2.05, 4.69) is 10.1 Å². The zero-order chi connectivity index (χ0) is 17.7. The summed E-state index contributed by atoms with van der Waals surface area (Å²) < 4.78 is 67.7. The van der Waals surface area contributed by atoms with Crippen molar-refractivity contribution in [3.8, 4) is 5.69 Å². The Hall–Kier alpha value is -2.51. The van der Waals surface area contributed by atoms with Gasteiger partial charge in [0.15, 0.2) is 5.65 Å². The van der Waals surface area contributed by atoms with Gasteiger partial charge in [0.25, 0.3) is 0 Å². The number of benzene rings is 1. The van der Waals surface area contributed by atoms with E-state index in [0.717, 1.165) is 6.07 Å². The van der Waals surface area contributed by atoms with Crippen molar-refractivity contribution in [2.45, 2.75) is 25.9 Å². The van der Waals surface area contributed by atoms with Crippen LogP contribution in [0, 0.1) is 13.8 Å². The topological polar surface area (TPSA) is 30.7 Å². The molecule has 0 aliphatic carbocycles. The summed E-state index contributed by atoms with van der Waals surface area (Å²) in [6, 6.07) is 9.26. The molecule has 0 radical (unpaired) electrons. The van der Waals surface area contributed by atoms with Crippen LogP contribution < -0.4 is 0 Å². The van der Waals surface area contributed by atoms with E-state index in [4.69, 9.17) is 0 Å². The molecule has 0 aliphatic rings. The Bertz CT molecular complexity index is 897. The number of rotatable bonds is 2. The summed E-state index contributed by atoms with van der Waals surface area (Å²) in [6.45, 7) is 2.75. The summed E-state index contributed by atoms with van der Waals surface area (Å²) >= 11 is 0. The summed E-state index contributed by atoms with van der Waals surface area (Å²) in [6.07, 6.45) is -5.70. The van der Waals surface area contributed by atoms with Gasteiger partial charge >= 0.3 is 12.1 Å². The molecule has 3 aromatic rings. The lowest BCUT2D eigenvalue weighted by molar-refractivity contribution is -0.288. The first kappa shape index (κ1) is 16.4. The third-order valence-corrected chi connectivity index (χ3v) is 3.64. The van der Waals surface area contributed by atoms with Crippen molar-refractivity contribution < 1.29 is 22.0 Å². The number of fused-ring (bicyclic) bond motifs is 1. The number of pyridine rings is 1. The third-order valence-electron chi connectivity index (χ3n) is 3.64. The summed E-state index contributed by atoms with van der Waals surface area (Å²) in [5, 5.41) is 3.83. The fourth-order valence-electron chi connectivity index (χ4n) is 2.56. The molecule has 0 aliphatic heterocycles. The van der Waals surface area contributed by atoms with Crippen LogP contribution in [-0.4, -0.2) is 20.9 Å². The highest BCUT2D eigenvalue weighted by Crippen LogP contribution is 2.46. The first-order valence-corrected chi connectivity index (χ1v) is 7.00. The summed E-state index contributed by atoms with van der Waals surface area (Å²) in [5.74, 6) is -4.99. The monoisotopic (exact) mass is 341 g/mol. The van der Waals surface area contributed by atoms with Crippen molar-refractivity contribution in [1.82, 2.24) is 14.8 Å². The zero-order valence-corrected chi connectivity index (χ0v) is 12.7. The van der Waals surface area contributed by atoms with E-state index >= 15 is 0 Å². The van der Waals surface area contributed by atoms with Gasteiger partial charge in [0, 0.05) is 11.3 Å². The van der Waals surface area contributed by atoms with Gasteiger partial charge in [-0.3, -0.25) is 0 Å². The van der Waals surface area contributed by atoms with Crippen LogP contribution in [0.4, 0.5) is 22.0 Å². The maximum atomic E-state index is 14.0. The highest BCUT2D eigenvalue weighted by Gasteiger charge is 2.59. The molecule has 0 fully saturated rings. The van der Waals surface area contributed by atoms with E-state index in [1.807, 2.05) is 0 Å². The molecule has 1 aromatic carbocycles. The molecule has 0 N–H and O–H groups in total. The van der Waals surface area contributed by atoms with Crippen LogP contribution in [0.2, 0.25) is 0 Å². The molecule has 8 heteroatoms. The quantitative estimate of drug-likeness (QED) is 0.633. The zero-order valence-electron chi connectivity index (χ0n) is 12.7. The number of halogens is 5. The average molecular weight is 341 g/mol. The van der Waals surface area contributed by atoms with Gasteiger partial charge in [0.2, 0.25) is 0 Å². The van der Waals surface area contributed by atoms with E-state index in [-0.39, 0.29) is 22.4 Å². The summed E-state index contributed by atoms with van der Waals surface area (Å²) in [5.41, 5.74) is -0.524. The Labute approximate surface area is 133 Å². The Balaban J connectivity index is 2.37. The third kappa shape index (κ3) is 2.42. The molecular formula is C16H12F5N3. The maximum Gasteiger partial charge on any atom is 0.458 e. The highest BCUT2D eigenvalue weighted by molar-refractivity contribution is 5.84. The Morgan fingerprint density at radius 3 is 2.17 bits per heavy atom. The lowest BCUT2D eigenvalue weighted by Gasteiger charge is -2.21. The molecule has 0 amide bonds. The molecule has 0 unspecified atom stereocenters. The Morgan fingerprint density at radius 1 is 0.958 bits per heavy atom. The van der Waals surface area contributed by atoms with Gasteiger partial charge in [-0.05, 0) is 32.0 Å². The number of hydrogen-bond donors (Lipinski definition) is 0. The molecule has 0 spiro atoms. The van der Waals surface area contributed by atoms with Gasteiger partial charge in [-0.1, -0.05) is 18.2 Å². The maximum absolute atomic E-state index is 14.0. The van der Waals surface area contributed by atoms with Crippen molar-refractivity contribution >= 4 is 11.0 Å². The molecule has 24 heavy (non-hydrogen) atoms. The van der Waals surface area contributed by atoms with E-state index < -0.39 is 17.7 Å². The highest BCUT2D eigenvalue weighted by atomic mass is 19.4. The molecule has 2 heterocycles. The predicted octanol–water partition coefficient (Wildman–Crippen LogP) is 4.69. The smallest absolute Gasteiger partial charge is 0.233 e. The van der Waals surface area contributed by atoms with Crippen molar-refractivity contribution in [3.63, 3.8) is 0 Å². The van der Waals surface area contributed by atoms with Crippen LogP contribution >= 0.6 is 0 Å². The van der Waals surface area contributed by atoms with Gasteiger partial charge in [0.05, 0.1) is 16.8 Å². The van der Waals surface area contributed by atoms with Gasteiger partial charge < -0.3 is 0 Å². The minimum absolute atomic E-state index is 0.0300. The van der Waals surface area contributed by atoms with Crippen LogP contribution in [0.1, 0.15) is 17.0 Å². The Morgan fingerprint density at radius 2 is 1.58 bits per heavy atom. The molecular weight excluding hydrogens is 329 g/mol. The normalized spacial score (nSPS) is 12.8. The lowest BCUT2D eigenvalue weighted by atomic mass is 10.0. The van der Waals surface area contributed by atoms with Crippen molar-refractivity contribution in [2.75, 3.05) is 0 Å². The second kappa shape index (κ2) is 5.25. The number of aromatic nitrogens is 3. The standard InChI is InChI=1S/C16H12F5N3/c1-9-8-12(15(17,18)16(19,20)21)13-10(2)23-24(14(13)22-9)11-6-4-3-5-7-11/h3-8H,1-2H3. The van der Waals surface area contributed by atoms with Crippen LogP contribution in [0.15, 0.2) is 36.4 Å². The minimum Gasteiger partial charge on any atom is -0.233 e. The van der Waals surface area contributed by atoms with Gasteiger partial charge in [0.1, 0.15) is 0 Å². The van der Waals surface area contributed by atoms with Gasteiger partial charge in [-0.25, -0.2) is 9.67 Å². The molecule has 0 atom stereocenters. The van der Waals surface area contributed by atoms with Crippen LogP contribution in [0.3, 0.4) is 0 Å². The molecule has 0 bridgehead atoms. The fourth-order valence-corrected chi connectivity index (χ4v) is 2.56. The Kier molecular flexibility index (Phi) is 3.58. The van der Waals surface area contributed by atoms with Crippen LogP contribution in [0.5, 0.6) is 0 Å². The number of aryl methyl sites for hydroxylation is 2. The SMILES string of the molecule is Cc1cc(C(F)(F)C(F)(F)F)c2c(C)nn(-c3ccccc3)c2n1. The second-order valence-corrected chi connectivity index (χ2v) is 5.41. The molecule has 0 saturated carbocycles. The van der Waals surface area contributed by atoms with Crippen molar-refractivity contribution in [1.29, 1.82) is 0 Å². The molecule has 2 aromatic heterocycles. The molecule has 3 nitrogen and oxygen atoms in total. The summed E-state index contributed by atoms with van der Waals surface area (Å²) in [7, 11) is 0. The van der Waals surface area contributed by atoms with Gasteiger partial charge in [-0.2, -0.15) is 27.1 Å². The predicted molar refractivity (Wildman–Crippen MR) is 78.3 cm³/mol. The second-order valence-electron chi connectivity index (χ2n) is 5.41. The minimum atomic E-state index is -5.70. The average Bonchev–Trinajstić information content (AvgIpc) is 2.83. The van der Waals surface area contributed by atoms with E-state index in [9.17, 15) is 22.0 Å². The fraction of sp³-hybridized carbons (Fsp3) is 0.250. The largest absolute Gasteiger partial charge is 0.458 e. The van der Waals surface area contributed by atoms with E-state index in [1.54, 1.807) is 30.3 Å². The van der Waals surface area contributed by atoms with Crippen molar-refractivity contribution in [2.24, 2.45) is 0 Å². The van der Waals surface area contributed by atoms with E-state index in [0.29, 0.717) is 5.69 Å².